The first kappa shape index (κ1) is 24.5. The zero-order valence-corrected chi connectivity index (χ0v) is 20.2. The number of amides is 2. The van der Waals surface area contributed by atoms with Crippen molar-refractivity contribution >= 4 is 11.8 Å². The zero-order valence-electron chi connectivity index (χ0n) is 20.2. The van der Waals surface area contributed by atoms with Crippen molar-refractivity contribution in [3.8, 4) is 11.3 Å². The molecule has 2 aromatic heterocycles. The van der Waals surface area contributed by atoms with Gasteiger partial charge in [-0.2, -0.15) is 9.49 Å². The van der Waals surface area contributed by atoms with E-state index in [1.54, 1.807) is 18.2 Å². The molecule has 1 aliphatic heterocycles. The third kappa shape index (κ3) is 5.23. The van der Waals surface area contributed by atoms with Crippen molar-refractivity contribution < 1.29 is 18.4 Å². The summed E-state index contributed by atoms with van der Waals surface area (Å²) in [6, 6.07) is 10.9. The fourth-order valence-electron chi connectivity index (χ4n) is 4.44. The highest BCUT2D eigenvalue weighted by molar-refractivity contribution is 5.88. The minimum absolute atomic E-state index is 0.0556. The van der Waals surface area contributed by atoms with E-state index in [2.05, 4.69) is 20.5 Å². The average molecular weight is 482 g/mol. The Hall–Kier alpha value is -3.62. The predicted molar refractivity (Wildman–Crippen MR) is 128 cm³/mol. The highest BCUT2D eigenvalue weighted by atomic mass is 19.1. The molecule has 1 fully saturated rings. The second-order valence-electron chi connectivity index (χ2n) is 9.29. The molecular formula is C26H29F2N5O2. The molecule has 3 heterocycles. The Morgan fingerprint density at radius 1 is 1.20 bits per heavy atom. The summed E-state index contributed by atoms with van der Waals surface area (Å²) in [5, 5.41) is 10.1. The molecule has 184 valence electrons. The molecule has 9 heteroatoms. The van der Waals surface area contributed by atoms with Gasteiger partial charge in [0.1, 0.15) is 12.2 Å². The van der Waals surface area contributed by atoms with Crippen LogP contribution in [0.1, 0.15) is 61.7 Å². The van der Waals surface area contributed by atoms with Gasteiger partial charge in [-0.1, -0.05) is 38.1 Å². The maximum atomic E-state index is 14.8. The van der Waals surface area contributed by atoms with Crippen LogP contribution in [-0.4, -0.2) is 50.7 Å². The summed E-state index contributed by atoms with van der Waals surface area (Å²) < 4.78 is 28.9. The molecule has 0 aliphatic carbocycles. The smallest absolute Gasteiger partial charge is 0.243 e. The number of aromatic amines is 1. The predicted octanol–water partition coefficient (Wildman–Crippen LogP) is 4.21. The van der Waals surface area contributed by atoms with Gasteiger partial charge in [-0.15, -0.1) is 0 Å². The third-order valence-corrected chi connectivity index (χ3v) is 6.28. The van der Waals surface area contributed by atoms with Crippen molar-refractivity contribution in [1.82, 2.24) is 25.4 Å². The fraction of sp³-hybridized carbons (Fsp3) is 0.385. The monoisotopic (exact) mass is 481 g/mol. The van der Waals surface area contributed by atoms with Gasteiger partial charge in [-0.3, -0.25) is 14.7 Å². The number of aromatic nitrogens is 3. The summed E-state index contributed by atoms with van der Waals surface area (Å²) >= 11 is 0. The fourth-order valence-corrected chi connectivity index (χ4v) is 4.44. The van der Waals surface area contributed by atoms with Crippen LogP contribution in [0.5, 0.6) is 0 Å². The molecule has 1 saturated heterocycles. The number of carbonyl (C=O) groups excluding carboxylic acids is 2. The van der Waals surface area contributed by atoms with Crippen LogP contribution in [0.2, 0.25) is 0 Å². The summed E-state index contributed by atoms with van der Waals surface area (Å²) in [5.41, 5.74) is 3.86. The topological polar surface area (TPSA) is 91.0 Å². The first-order chi connectivity index (χ1) is 16.6. The number of hydrogen-bond acceptors (Lipinski definition) is 4. The van der Waals surface area contributed by atoms with E-state index in [0.29, 0.717) is 16.8 Å². The Morgan fingerprint density at radius 3 is 2.60 bits per heavy atom. The van der Waals surface area contributed by atoms with Crippen molar-refractivity contribution in [3.63, 3.8) is 0 Å². The van der Waals surface area contributed by atoms with Crippen LogP contribution in [0, 0.1) is 12.9 Å². The van der Waals surface area contributed by atoms with Gasteiger partial charge >= 0.3 is 0 Å². The Labute approximate surface area is 202 Å². The summed E-state index contributed by atoms with van der Waals surface area (Å²) in [5.74, 6) is -1.55. The first-order valence-corrected chi connectivity index (χ1v) is 11.6. The highest BCUT2D eigenvalue weighted by Crippen LogP contribution is 2.29. The number of benzene rings is 1. The Balaban J connectivity index is 1.73. The molecule has 3 atom stereocenters. The number of pyridine rings is 1. The van der Waals surface area contributed by atoms with E-state index in [1.165, 1.54) is 11.8 Å². The maximum absolute atomic E-state index is 14.8. The van der Waals surface area contributed by atoms with E-state index in [4.69, 9.17) is 0 Å². The number of halogens is 2. The van der Waals surface area contributed by atoms with Crippen LogP contribution in [-0.2, 0) is 9.59 Å². The summed E-state index contributed by atoms with van der Waals surface area (Å²) in [6.07, 6.45) is -1.36. The number of alkyl halides is 1. The van der Waals surface area contributed by atoms with Crippen LogP contribution in [0.4, 0.5) is 8.78 Å². The lowest BCUT2D eigenvalue weighted by Gasteiger charge is -2.26. The van der Waals surface area contributed by atoms with Gasteiger partial charge in [0.2, 0.25) is 17.8 Å². The minimum atomic E-state index is -1.28. The molecule has 7 nitrogen and oxygen atoms in total. The number of aryl methyl sites for hydroxylation is 1. The molecule has 0 spiro atoms. The van der Waals surface area contributed by atoms with Crippen LogP contribution < -0.4 is 5.32 Å². The number of carbonyl (C=O) groups is 2. The average Bonchev–Trinajstić information content (AvgIpc) is 3.43. The van der Waals surface area contributed by atoms with E-state index in [-0.39, 0.29) is 24.8 Å². The number of hydrogen-bond donors (Lipinski definition) is 2. The number of nitrogens with one attached hydrogen (secondary N) is 2. The van der Waals surface area contributed by atoms with Crippen molar-refractivity contribution in [2.75, 3.05) is 6.54 Å². The van der Waals surface area contributed by atoms with Crippen molar-refractivity contribution in [1.29, 1.82) is 0 Å². The molecule has 1 aromatic carbocycles. The van der Waals surface area contributed by atoms with Gasteiger partial charge in [0.25, 0.3) is 0 Å². The maximum Gasteiger partial charge on any atom is 0.243 e. The molecule has 4 rings (SSSR count). The van der Waals surface area contributed by atoms with Gasteiger partial charge in [-0.25, -0.2) is 9.37 Å². The molecule has 35 heavy (non-hydrogen) atoms. The largest absolute Gasteiger partial charge is 0.342 e. The molecule has 0 saturated carbocycles. The summed E-state index contributed by atoms with van der Waals surface area (Å²) in [6.45, 7) is 6.83. The lowest BCUT2D eigenvalue weighted by atomic mass is 9.97. The van der Waals surface area contributed by atoms with Crippen molar-refractivity contribution in [3.05, 3.63) is 70.9 Å². The molecule has 3 aromatic rings. The van der Waals surface area contributed by atoms with Gasteiger partial charge < -0.3 is 10.2 Å². The van der Waals surface area contributed by atoms with Crippen LogP contribution >= 0.6 is 0 Å². The second kappa shape index (κ2) is 9.93. The van der Waals surface area contributed by atoms with Gasteiger partial charge in [0.05, 0.1) is 24.0 Å². The van der Waals surface area contributed by atoms with Crippen molar-refractivity contribution in [2.24, 2.45) is 0 Å². The van der Waals surface area contributed by atoms with E-state index >= 15 is 0 Å². The number of rotatable bonds is 6. The van der Waals surface area contributed by atoms with Crippen LogP contribution in [0.3, 0.4) is 0 Å². The first-order valence-electron chi connectivity index (χ1n) is 11.6. The molecule has 2 amide bonds. The Bertz CT molecular complexity index is 1240. The van der Waals surface area contributed by atoms with Crippen molar-refractivity contribution in [2.45, 2.75) is 58.3 Å². The van der Waals surface area contributed by atoms with E-state index in [9.17, 15) is 18.4 Å². The second-order valence-corrected chi connectivity index (χ2v) is 9.29. The molecule has 0 bridgehead atoms. The molecule has 1 unspecified atom stereocenters. The lowest BCUT2D eigenvalue weighted by molar-refractivity contribution is -0.137. The third-order valence-electron chi connectivity index (χ3n) is 6.28. The van der Waals surface area contributed by atoms with E-state index in [1.807, 2.05) is 45.0 Å². The highest BCUT2D eigenvalue weighted by Gasteiger charge is 2.39. The number of H-pyrrole nitrogens is 1. The molecular weight excluding hydrogens is 452 g/mol. The molecule has 2 N–H and O–H groups in total. The zero-order chi connectivity index (χ0) is 25.3. The standard InChI is InChI=1S/C26H29F2N5O2/c1-14(2)20-8-9-21(29-25(20)28)24(30-26(35)23-12-19(27)13-33(23)16(4)34)18-7-5-6-17(11-18)22-10-15(3)31-32-22/h5-11,14,19,23-24H,12-13H2,1-4H3,(H,30,35)(H,31,32)/t19-,23+,24?/m1/s1. The van der Waals surface area contributed by atoms with E-state index < -0.39 is 30.1 Å². The number of likely N-dealkylation sites (tertiary alicyclic amines) is 1. The summed E-state index contributed by atoms with van der Waals surface area (Å²) in [7, 11) is 0. The SMILES string of the molecule is CC(=O)N1C[C@H](F)C[C@H]1C(=O)NC(c1cccc(-c2cc(C)[nH]n2)c1)c1ccc(C(C)C)c(F)n1. The molecule has 0 radical (unpaired) electrons. The quantitative estimate of drug-likeness (QED) is 0.516. The van der Waals surface area contributed by atoms with Crippen LogP contribution in [0.15, 0.2) is 42.5 Å². The Morgan fingerprint density at radius 2 is 1.97 bits per heavy atom. The molecule has 1 aliphatic rings. The van der Waals surface area contributed by atoms with E-state index in [0.717, 1.165) is 17.0 Å². The van der Waals surface area contributed by atoms with Gasteiger partial charge in [0, 0.05) is 30.2 Å². The van der Waals surface area contributed by atoms with Crippen LogP contribution in [0.25, 0.3) is 11.3 Å². The van der Waals surface area contributed by atoms with Gasteiger partial charge in [0.15, 0.2) is 0 Å². The number of nitrogens with zero attached hydrogens (tertiary/aromatic N) is 3. The van der Waals surface area contributed by atoms with Gasteiger partial charge in [-0.05, 0) is 36.6 Å². The summed E-state index contributed by atoms with van der Waals surface area (Å²) in [4.78, 5) is 30.7. The normalized spacial score (nSPS) is 18.7. The Kier molecular flexibility index (Phi) is 6.95. The lowest BCUT2D eigenvalue weighted by Crippen LogP contribution is -2.46. The minimum Gasteiger partial charge on any atom is -0.342 e.